The summed E-state index contributed by atoms with van der Waals surface area (Å²) < 4.78 is 5.39. The SMILES string of the molecule is Cc1ccc([C@](C)(O)CNC(=O)NCc2ccc(C)s2)o1. The quantitative estimate of drug-likeness (QED) is 0.795. The standard InChI is InChI=1S/C15H20N2O3S/c1-10-4-7-13(20-10)15(3,19)9-17-14(18)16-8-12-6-5-11(2)21-12/h4-7,19H,8-9H2,1-3H3,(H2,16,17,18)/t15-/m1/s1. The van der Waals surface area contributed by atoms with Crippen LogP contribution in [0.2, 0.25) is 0 Å². The average molecular weight is 308 g/mol. The molecule has 0 aliphatic rings. The summed E-state index contributed by atoms with van der Waals surface area (Å²) in [5.41, 5.74) is -1.23. The minimum absolute atomic E-state index is 0.0786. The number of nitrogens with one attached hydrogen (secondary N) is 2. The highest BCUT2D eigenvalue weighted by Gasteiger charge is 2.27. The molecule has 3 N–H and O–H groups in total. The van der Waals surface area contributed by atoms with Crippen LogP contribution in [0.4, 0.5) is 4.79 Å². The fourth-order valence-electron chi connectivity index (χ4n) is 1.87. The maximum absolute atomic E-state index is 11.7. The van der Waals surface area contributed by atoms with Gasteiger partial charge in [0.1, 0.15) is 17.1 Å². The lowest BCUT2D eigenvalue weighted by atomic mass is 10.0. The van der Waals surface area contributed by atoms with Gasteiger partial charge in [0.2, 0.25) is 0 Å². The highest BCUT2D eigenvalue weighted by molar-refractivity contribution is 7.11. The number of aliphatic hydroxyl groups is 1. The zero-order chi connectivity index (χ0) is 15.5. The smallest absolute Gasteiger partial charge is 0.315 e. The zero-order valence-corrected chi connectivity index (χ0v) is 13.2. The summed E-state index contributed by atoms with van der Waals surface area (Å²) in [4.78, 5) is 14.1. The normalized spacial score (nSPS) is 13.7. The third-order valence-electron chi connectivity index (χ3n) is 3.08. The molecule has 6 heteroatoms. The van der Waals surface area contributed by atoms with Crippen LogP contribution in [-0.2, 0) is 12.1 Å². The topological polar surface area (TPSA) is 74.5 Å². The van der Waals surface area contributed by atoms with E-state index in [4.69, 9.17) is 4.42 Å². The third kappa shape index (κ3) is 4.34. The highest BCUT2D eigenvalue weighted by Crippen LogP contribution is 2.21. The van der Waals surface area contributed by atoms with Crippen LogP contribution < -0.4 is 10.6 Å². The lowest BCUT2D eigenvalue weighted by Crippen LogP contribution is -2.43. The molecule has 0 aliphatic carbocycles. The van der Waals surface area contributed by atoms with Crippen LogP contribution in [0.1, 0.15) is 28.2 Å². The fraction of sp³-hybridized carbons (Fsp3) is 0.400. The molecule has 2 aromatic heterocycles. The molecule has 5 nitrogen and oxygen atoms in total. The molecule has 0 saturated carbocycles. The van der Waals surface area contributed by atoms with Crippen LogP contribution in [0, 0.1) is 13.8 Å². The molecule has 0 radical (unpaired) electrons. The lowest BCUT2D eigenvalue weighted by molar-refractivity contribution is 0.0360. The van der Waals surface area contributed by atoms with E-state index in [1.54, 1.807) is 30.4 Å². The molecule has 2 rings (SSSR count). The number of amides is 2. The van der Waals surface area contributed by atoms with Gasteiger partial charge in [-0.3, -0.25) is 0 Å². The summed E-state index contributed by atoms with van der Waals surface area (Å²) in [6.07, 6.45) is 0. The number of hydrogen-bond acceptors (Lipinski definition) is 4. The molecule has 0 aliphatic heterocycles. The van der Waals surface area contributed by atoms with E-state index in [9.17, 15) is 9.90 Å². The number of aryl methyl sites for hydroxylation is 2. The maximum Gasteiger partial charge on any atom is 0.315 e. The molecule has 0 saturated heterocycles. The van der Waals surface area contributed by atoms with Crippen molar-refractivity contribution >= 4 is 17.4 Å². The molecule has 114 valence electrons. The van der Waals surface area contributed by atoms with Crippen molar-refractivity contribution in [2.45, 2.75) is 32.9 Å². The van der Waals surface area contributed by atoms with Crippen molar-refractivity contribution in [3.05, 3.63) is 45.5 Å². The Hall–Kier alpha value is -1.79. The summed E-state index contributed by atoms with van der Waals surface area (Å²) in [5, 5.41) is 15.7. The van der Waals surface area contributed by atoms with Gasteiger partial charge in [0.25, 0.3) is 0 Å². The van der Waals surface area contributed by atoms with Gasteiger partial charge in [-0.05, 0) is 45.0 Å². The van der Waals surface area contributed by atoms with Gasteiger partial charge >= 0.3 is 6.03 Å². The summed E-state index contributed by atoms with van der Waals surface area (Å²) in [6.45, 7) is 6.00. The van der Waals surface area contributed by atoms with E-state index in [0.717, 1.165) is 10.6 Å². The van der Waals surface area contributed by atoms with Crippen molar-refractivity contribution in [1.82, 2.24) is 10.6 Å². The molecule has 0 spiro atoms. The number of urea groups is 1. The molecule has 1 atom stereocenters. The number of furan rings is 1. The molecule has 0 bridgehead atoms. The molecular weight excluding hydrogens is 288 g/mol. The summed E-state index contributed by atoms with van der Waals surface area (Å²) in [7, 11) is 0. The van der Waals surface area contributed by atoms with E-state index in [1.807, 2.05) is 26.0 Å². The van der Waals surface area contributed by atoms with Crippen LogP contribution in [0.3, 0.4) is 0 Å². The molecule has 2 aromatic rings. The number of carbonyl (C=O) groups is 1. The van der Waals surface area contributed by atoms with Gasteiger partial charge in [0.05, 0.1) is 13.1 Å². The summed E-state index contributed by atoms with van der Waals surface area (Å²) in [6, 6.07) is 7.18. The average Bonchev–Trinajstić information content (AvgIpc) is 3.03. The van der Waals surface area contributed by atoms with E-state index in [0.29, 0.717) is 12.3 Å². The zero-order valence-electron chi connectivity index (χ0n) is 12.4. The Kier molecular flexibility index (Phi) is 4.69. The lowest BCUT2D eigenvalue weighted by Gasteiger charge is -2.21. The Morgan fingerprint density at radius 3 is 2.62 bits per heavy atom. The van der Waals surface area contributed by atoms with Crippen molar-refractivity contribution in [3.63, 3.8) is 0 Å². The first-order valence-electron chi connectivity index (χ1n) is 6.73. The Morgan fingerprint density at radius 1 is 1.29 bits per heavy atom. The van der Waals surface area contributed by atoms with Crippen LogP contribution in [0.25, 0.3) is 0 Å². The van der Waals surface area contributed by atoms with Crippen molar-refractivity contribution in [2.24, 2.45) is 0 Å². The van der Waals surface area contributed by atoms with Gasteiger partial charge < -0.3 is 20.2 Å². The first kappa shape index (κ1) is 15.6. The van der Waals surface area contributed by atoms with Gasteiger partial charge in [-0.2, -0.15) is 0 Å². The van der Waals surface area contributed by atoms with Crippen molar-refractivity contribution < 1.29 is 14.3 Å². The van der Waals surface area contributed by atoms with E-state index in [-0.39, 0.29) is 12.6 Å². The Labute approximate surface area is 128 Å². The molecule has 2 heterocycles. The maximum atomic E-state index is 11.7. The summed E-state index contributed by atoms with van der Waals surface area (Å²) >= 11 is 1.65. The monoisotopic (exact) mass is 308 g/mol. The highest BCUT2D eigenvalue weighted by atomic mass is 32.1. The molecule has 0 unspecified atom stereocenters. The first-order chi connectivity index (χ1) is 9.87. The van der Waals surface area contributed by atoms with Crippen LogP contribution in [-0.4, -0.2) is 17.7 Å². The van der Waals surface area contributed by atoms with Crippen LogP contribution in [0.15, 0.2) is 28.7 Å². The van der Waals surface area contributed by atoms with Gasteiger partial charge in [0, 0.05) is 9.75 Å². The van der Waals surface area contributed by atoms with E-state index >= 15 is 0 Å². The second kappa shape index (κ2) is 6.32. The molecule has 0 fully saturated rings. The predicted molar refractivity (Wildman–Crippen MR) is 82.3 cm³/mol. The van der Waals surface area contributed by atoms with E-state index < -0.39 is 5.60 Å². The minimum Gasteiger partial charge on any atom is -0.463 e. The van der Waals surface area contributed by atoms with Crippen molar-refractivity contribution in [1.29, 1.82) is 0 Å². The molecule has 2 amide bonds. The van der Waals surface area contributed by atoms with Gasteiger partial charge in [-0.1, -0.05) is 0 Å². The molecular formula is C15H20N2O3S. The Morgan fingerprint density at radius 2 is 2.05 bits per heavy atom. The number of thiophene rings is 1. The first-order valence-corrected chi connectivity index (χ1v) is 7.55. The second-order valence-electron chi connectivity index (χ2n) is 5.23. The minimum atomic E-state index is -1.23. The Bertz CT molecular complexity index is 616. The van der Waals surface area contributed by atoms with E-state index in [2.05, 4.69) is 10.6 Å². The van der Waals surface area contributed by atoms with Crippen LogP contribution in [0.5, 0.6) is 0 Å². The fourth-order valence-corrected chi connectivity index (χ4v) is 2.70. The number of carbonyl (C=O) groups excluding carboxylic acids is 1. The van der Waals surface area contributed by atoms with Gasteiger partial charge in [-0.15, -0.1) is 11.3 Å². The largest absolute Gasteiger partial charge is 0.463 e. The Balaban J connectivity index is 1.80. The van der Waals surface area contributed by atoms with Gasteiger partial charge in [0.15, 0.2) is 0 Å². The van der Waals surface area contributed by atoms with Crippen molar-refractivity contribution in [3.8, 4) is 0 Å². The molecule has 0 aromatic carbocycles. The van der Waals surface area contributed by atoms with E-state index in [1.165, 1.54) is 4.88 Å². The molecule has 21 heavy (non-hydrogen) atoms. The third-order valence-corrected chi connectivity index (χ3v) is 4.08. The van der Waals surface area contributed by atoms with Crippen LogP contribution >= 0.6 is 11.3 Å². The van der Waals surface area contributed by atoms with Crippen molar-refractivity contribution in [2.75, 3.05) is 6.54 Å². The summed E-state index contributed by atoms with van der Waals surface area (Å²) in [5.74, 6) is 1.16. The number of hydrogen-bond donors (Lipinski definition) is 3. The van der Waals surface area contributed by atoms with Gasteiger partial charge in [-0.25, -0.2) is 4.79 Å². The second-order valence-corrected chi connectivity index (χ2v) is 6.61. The number of rotatable bonds is 5. The predicted octanol–water partition coefficient (Wildman–Crippen LogP) is 2.66.